The highest BCUT2D eigenvalue weighted by Crippen LogP contribution is 2.17. The third-order valence-electron chi connectivity index (χ3n) is 2.82. The number of hydrogen-bond donors (Lipinski definition) is 1. The Balaban J connectivity index is 2.86. The van der Waals surface area contributed by atoms with Gasteiger partial charge in [0.15, 0.2) is 0 Å². The molecule has 1 unspecified atom stereocenters. The summed E-state index contributed by atoms with van der Waals surface area (Å²) in [5.74, 6) is 0.672. The molecular weight excluding hydrogens is 238 g/mol. The van der Waals surface area contributed by atoms with Crippen LogP contribution in [0.25, 0.3) is 0 Å². The number of anilines is 1. The molecule has 0 aliphatic rings. The highest BCUT2D eigenvalue weighted by Gasteiger charge is 2.10. The lowest BCUT2D eigenvalue weighted by Gasteiger charge is -2.19. The first-order valence-corrected chi connectivity index (χ1v) is 6.41. The number of nitrogens with one attached hydrogen (secondary N) is 1. The minimum Gasteiger partial charge on any atom is -0.330 e. The Labute approximate surface area is 114 Å². The summed E-state index contributed by atoms with van der Waals surface area (Å²) in [6, 6.07) is 8.22. The standard InChI is InChI=1S/C14H19N5/c1-3-7-17-12(2)13-4-8-18-14(11-13)19(9-5-15)10-6-16/h4,8,11-12,17H,3,7,9-10H2,1-2H3. The van der Waals surface area contributed by atoms with Crippen LogP contribution in [0.2, 0.25) is 0 Å². The van der Waals surface area contributed by atoms with Crippen LogP contribution in [0.1, 0.15) is 31.9 Å². The van der Waals surface area contributed by atoms with Crippen LogP contribution in [0.3, 0.4) is 0 Å². The molecule has 1 aromatic heterocycles. The maximum absolute atomic E-state index is 8.78. The highest BCUT2D eigenvalue weighted by molar-refractivity contribution is 5.43. The van der Waals surface area contributed by atoms with Gasteiger partial charge in [0.1, 0.15) is 18.9 Å². The lowest BCUT2D eigenvalue weighted by Crippen LogP contribution is -2.25. The molecule has 19 heavy (non-hydrogen) atoms. The van der Waals surface area contributed by atoms with E-state index in [0.717, 1.165) is 18.5 Å². The first-order valence-electron chi connectivity index (χ1n) is 6.41. The SMILES string of the molecule is CCCNC(C)c1ccnc(N(CC#N)CC#N)c1. The second-order valence-electron chi connectivity index (χ2n) is 4.30. The minimum absolute atomic E-state index is 0.167. The van der Waals surface area contributed by atoms with Gasteiger partial charge in [-0.05, 0) is 37.6 Å². The number of nitrogens with zero attached hydrogens (tertiary/aromatic N) is 4. The van der Waals surface area contributed by atoms with Crippen molar-refractivity contribution in [1.29, 1.82) is 10.5 Å². The van der Waals surface area contributed by atoms with Crippen molar-refractivity contribution in [2.75, 3.05) is 24.5 Å². The fourth-order valence-electron chi connectivity index (χ4n) is 1.74. The van der Waals surface area contributed by atoms with Gasteiger partial charge in [0.25, 0.3) is 0 Å². The topological polar surface area (TPSA) is 75.7 Å². The van der Waals surface area contributed by atoms with Crippen LogP contribution in [-0.4, -0.2) is 24.6 Å². The van der Waals surface area contributed by atoms with Gasteiger partial charge >= 0.3 is 0 Å². The Morgan fingerprint density at radius 3 is 2.63 bits per heavy atom. The first-order chi connectivity index (χ1) is 9.22. The maximum Gasteiger partial charge on any atom is 0.130 e. The molecule has 0 fully saturated rings. The van der Waals surface area contributed by atoms with Crippen molar-refractivity contribution in [2.24, 2.45) is 0 Å². The Morgan fingerprint density at radius 2 is 2.05 bits per heavy atom. The smallest absolute Gasteiger partial charge is 0.130 e. The van der Waals surface area contributed by atoms with E-state index >= 15 is 0 Å². The summed E-state index contributed by atoms with van der Waals surface area (Å²) in [6.07, 6.45) is 2.80. The zero-order chi connectivity index (χ0) is 14.1. The molecule has 100 valence electrons. The molecule has 5 nitrogen and oxygen atoms in total. The van der Waals surface area contributed by atoms with Crippen molar-refractivity contribution < 1.29 is 0 Å². The quantitative estimate of drug-likeness (QED) is 0.756. The summed E-state index contributed by atoms with van der Waals surface area (Å²) in [7, 11) is 0. The fourth-order valence-corrected chi connectivity index (χ4v) is 1.74. The number of nitriles is 2. The fraction of sp³-hybridized carbons (Fsp3) is 0.500. The Morgan fingerprint density at radius 1 is 1.37 bits per heavy atom. The molecule has 0 saturated heterocycles. The predicted octanol–water partition coefficient (Wildman–Crippen LogP) is 2.00. The van der Waals surface area contributed by atoms with E-state index in [1.165, 1.54) is 0 Å². The summed E-state index contributed by atoms with van der Waals surface area (Å²) in [5.41, 5.74) is 1.11. The van der Waals surface area contributed by atoms with E-state index < -0.39 is 0 Å². The van der Waals surface area contributed by atoms with Gasteiger partial charge in [-0.3, -0.25) is 0 Å². The van der Waals surface area contributed by atoms with Crippen LogP contribution in [0.4, 0.5) is 5.82 Å². The van der Waals surface area contributed by atoms with Crippen molar-refractivity contribution in [3.05, 3.63) is 23.9 Å². The Hall–Kier alpha value is -2.11. The Bertz CT molecular complexity index is 455. The lowest BCUT2D eigenvalue weighted by molar-refractivity contribution is 0.570. The molecule has 1 rings (SSSR count). The zero-order valence-electron chi connectivity index (χ0n) is 11.4. The number of rotatable bonds is 7. The summed E-state index contributed by atoms with van der Waals surface area (Å²) in [4.78, 5) is 5.90. The van der Waals surface area contributed by atoms with Crippen molar-refractivity contribution in [3.63, 3.8) is 0 Å². The van der Waals surface area contributed by atoms with Crippen LogP contribution in [0, 0.1) is 22.7 Å². The monoisotopic (exact) mass is 257 g/mol. The second-order valence-corrected chi connectivity index (χ2v) is 4.30. The van der Waals surface area contributed by atoms with Gasteiger partial charge in [-0.25, -0.2) is 4.98 Å². The third-order valence-corrected chi connectivity index (χ3v) is 2.82. The third kappa shape index (κ3) is 4.57. The van der Waals surface area contributed by atoms with Gasteiger partial charge in [-0.1, -0.05) is 6.92 Å². The molecule has 0 amide bonds. The van der Waals surface area contributed by atoms with Crippen molar-refractivity contribution >= 4 is 5.82 Å². The largest absolute Gasteiger partial charge is 0.330 e. The van der Waals surface area contributed by atoms with E-state index in [9.17, 15) is 0 Å². The normalized spacial score (nSPS) is 11.4. The molecule has 0 bridgehead atoms. The average molecular weight is 257 g/mol. The van der Waals surface area contributed by atoms with E-state index in [4.69, 9.17) is 10.5 Å². The molecule has 1 atom stereocenters. The van der Waals surface area contributed by atoms with Gasteiger partial charge in [0, 0.05) is 12.2 Å². The van der Waals surface area contributed by atoms with Gasteiger partial charge in [-0.2, -0.15) is 10.5 Å². The summed E-state index contributed by atoms with van der Waals surface area (Å²) >= 11 is 0. The minimum atomic E-state index is 0.167. The molecule has 5 heteroatoms. The van der Waals surface area contributed by atoms with E-state index in [1.807, 2.05) is 12.1 Å². The van der Waals surface area contributed by atoms with Crippen LogP contribution >= 0.6 is 0 Å². The summed E-state index contributed by atoms with van der Waals surface area (Å²) < 4.78 is 0. The van der Waals surface area contributed by atoms with Crippen LogP contribution in [-0.2, 0) is 0 Å². The van der Waals surface area contributed by atoms with Gasteiger partial charge in [-0.15, -0.1) is 0 Å². The molecule has 1 heterocycles. The van der Waals surface area contributed by atoms with Gasteiger partial charge in [0.2, 0.25) is 0 Å². The van der Waals surface area contributed by atoms with Crippen LogP contribution < -0.4 is 10.2 Å². The molecule has 0 aliphatic heterocycles. The van der Waals surface area contributed by atoms with Gasteiger partial charge in [0.05, 0.1) is 12.1 Å². The molecule has 1 aromatic rings. The number of aromatic nitrogens is 1. The van der Waals surface area contributed by atoms with Crippen LogP contribution in [0.5, 0.6) is 0 Å². The predicted molar refractivity (Wildman–Crippen MR) is 74.4 cm³/mol. The number of pyridine rings is 1. The van der Waals surface area contributed by atoms with Crippen molar-refractivity contribution in [2.45, 2.75) is 26.3 Å². The zero-order valence-corrected chi connectivity index (χ0v) is 11.4. The summed E-state index contributed by atoms with van der Waals surface area (Å²) in [5, 5.41) is 21.0. The van der Waals surface area contributed by atoms with E-state index in [1.54, 1.807) is 11.1 Å². The molecule has 1 N–H and O–H groups in total. The molecule has 0 aromatic carbocycles. The molecule has 0 aliphatic carbocycles. The molecule has 0 spiro atoms. The number of hydrogen-bond acceptors (Lipinski definition) is 5. The molecule has 0 saturated carbocycles. The van der Waals surface area contributed by atoms with E-state index in [2.05, 4.69) is 36.3 Å². The first kappa shape index (κ1) is 14.9. The average Bonchev–Trinajstić information content (AvgIpc) is 2.44. The van der Waals surface area contributed by atoms with Crippen molar-refractivity contribution in [1.82, 2.24) is 10.3 Å². The van der Waals surface area contributed by atoms with Gasteiger partial charge < -0.3 is 10.2 Å². The lowest BCUT2D eigenvalue weighted by atomic mass is 10.1. The Kier molecular flexibility index (Phi) is 6.35. The van der Waals surface area contributed by atoms with E-state index in [-0.39, 0.29) is 19.1 Å². The van der Waals surface area contributed by atoms with Crippen LogP contribution in [0.15, 0.2) is 18.3 Å². The summed E-state index contributed by atoms with van der Waals surface area (Å²) in [6.45, 7) is 5.51. The molecule has 0 radical (unpaired) electrons. The van der Waals surface area contributed by atoms with Crippen molar-refractivity contribution in [3.8, 4) is 12.1 Å². The maximum atomic E-state index is 8.78. The van der Waals surface area contributed by atoms with E-state index in [0.29, 0.717) is 5.82 Å². The second kappa shape index (κ2) is 8.07. The highest BCUT2D eigenvalue weighted by atomic mass is 15.2. The molecular formula is C14H19N5.